The maximum absolute atomic E-state index is 5.82. The van der Waals surface area contributed by atoms with Crippen molar-refractivity contribution in [2.24, 2.45) is 5.84 Å². The van der Waals surface area contributed by atoms with Crippen molar-refractivity contribution in [1.82, 2.24) is 9.97 Å². The first kappa shape index (κ1) is 13.6. The van der Waals surface area contributed by atoms with Gasteiger partial charge in [0.2, 0.25) is 5.88 Å². The number of benzene rings is 1. The lowest BCUT2D eigenvalue weighted by atomic mass is 10.2. The zero-order valence-corrected chi connectivity index (χ0v) is 11.3. The summed E-state index contributed by atoms with van der Waals surface area (Å²) in [7, 11) is 0. The topological polar surface area (TPSA) is 73.1 Å². The van der Waals surface area contributed by atoms with E-state index in [1.807, 2.05) is 31.2 Å². The minimum Gasteiger partial charge on any atom is -0.473 e. The summed E-state index contributed by atoms with van der Waals surface area (Å²) in [4.78, 5) is 8.47. The summed E-state index contributed by atoms with van der Waals surface area (Å²) in [5, 5.41) is 0.702. The molecule has 1 heterocycles. The molecule has 2 rings (SSSR count). The van der Waals surface area contributed by atoms with E-state index in [1.54, 1.807) is 6.07 Å². The molecule has 0 saturated carbocycles. The van der Waals surface area contributed by atoms with Crippen LogP contribution in [0.25, 0.3) is 0 Å². The molecule has 1 aromatic carbocycles. The molecule has 0 radical (unpaired) electrons. The molecule has 0 atom stereocenters. The van der Waals surface area contributed by atoms with E-state index in [4.69, 9.17) is 22.2 Å². The molecular weight excluding hydrogens is 264 g/mol. The number of anilines is 1. The van der Waals surface area contributed by atoms with Crippen molar-refractivity contribution >= 4 is 17.4 Å². The molecule has 19 heavy (non-hydrogen) atoms. The fourth-order valence-electron chi connectivity index (χ4n) is 1.52. The van der Waals surface area contributed by atoms with Crippen LogP contribution in [0, 0.1) is 0 Å². The van der Waals surface area contributed by atoms with Gasteiger partial charge in [0.25, 0.3) is 0 Å². The summed E-state index contributed by atoms with van der Waals surface area (Å²) in [6.45, 7) is 2.39. The number of rotatable bonds is 5. The quantitative estimate of drug-likeness (QED) is 0.649. The average molecular weight is 279 g/mol. The second-order valence-corrected chi connectivity index (χ2v) is 4.36. The van der Waals surface area contributed by atoms with Gasteiger partial charge in [-0.15, -0.1) is 0 Å². The molecule has 1 aromatic heterocycles. The molecule has 0 unspecified atom stereocenters. The smallest absolute Gasteiger partial charge is 0.219 e. The van der Waals surface area contributed by atoms with Crippen molar-refractivity contribution in [3.8, 4) is 5.88 Å². The van der Waals surface area contributed by atoms with Crippen molar-refractivity contribution in [2.75, 3.05) is 5.43 Å². The largest absolute Gasteiger partial charge is 0.473 e. The minimum absolute atomic E-state index is 0.418. The lowest BCUT2D eigenvalue weighted by Crippen LogP contribution is -2.11. The molecule has 100 valence electrons. The normalized spacial score (nSPS) is 10.3. The predicted molar refractivity (Wildman–Crippen MR) is 75.0 cm³/mol. The van der Waals surface area contributed by atoms with Crippen LogP contribution in [-0.4, -0.2) is 9.97 Å². The Morgan fingerprint density at radius 1 is 1.26 bits per heavy atom. The zero-order valence-electron chi connectivity index (χ0n) is 10.6. The number of halogens is 1. The van der Waals surface area contributed by atoms with E-state index in [0.717, 1.165) is 5.56 Å². The van der Waals surface area contributed by atoms with Gasteiger partial charge in [-0.05, 0) is 17.7 Å². The molecule has 6 heteroatoms. The first-order valence-corrected chi connectivity index (χ1v) is 6.31. The lowest BCUT2D eigenvalue weighted by Gasteiger charge is -2.08. The van der Waals surface area contributed by atoms with Crippen molar-refractivity contribution in [1.29, 1.82) is 0 Å². The number of hydrogen-bond donors (Lipinski definition) is 2. The van der Waals surface area contributed by atoms with Gasteiger partial charge in [0.15, 0.2) is 0 Å². The number of hydrogen-bond acceptors (Lipinski definition) is 5. The Bertz CT molecular complexity index is 523. The van der Waals surface area contributed by atoms with Crippen molar-refractivity contribution < 1.29 is 4.74 Å². The number of aromatic nitrogens is 2. The molecule has 3 N–H and O–H groups in total. The summed E-state index contributed by atoms with van der Waals surface area (Å²) in [6.07, 6.45) is 0.715. The van der Waals surface area contributed by atoms with Crippen molar-refractivity contribution in [3.63, 3.8) is 0 Å². The fraction of sp³-hybridized carbons (Fsp3) is 0.231. The Morgan fingerprint density at radius 3 is 2.63 bits per heavy atom. The van der Waals surface area contributed by atoms with E-state index in [-0.39, 0.29) is 0 Å². The zero-order chi connectivity index (χ0) is 13.7. The lowest BCUT2D eigenvalue weighted by molar-refractivity contribution is 0.292. The van der Waals surface area contributed by atoms with Gasteiger partial charge < -0.3 is 10.2 Å². The maximum Gasteiger partial charge on any atom is 0.219 e. The molecule has 0 saturated heterocycles. The number of nitrogen functional groups attached to an aromatic ring is 1. The van der Waals surface area contributed by atoms with Crippen LogP contribution in [0.4, 0.5) is 5.82 Å². The average Bonchev–Trinajstić information content (AvgIpc) is 2.46. The summed E-state index contributed by atoms with van der Waals surface area (Å²) in [5.41, 5.74) is 3.52. The van der Waals surface area contributed by atoms with Gasteiger partial charge in [0, 0.05) is 17.5 Å². The number of nitrogens with two attached hydrogens (primary N) is 1. The number of aryl methyl sites for hydroxylation is 1. The maximum atomic E-state index is 5.82. The molecule has 5 nitrogen and oxygen atoms in total. The highest BCUT2D eigenvalue weighted by Gasteiger charge is 2.04. The number of nitrogens with one attached hydrogen (secondary N) is 1. The Kier molecular flexibility index (Phi) is 4.54. The van der Waals surface area contributed by atoms with Crippen LogP contribution >= 0.6 is 11.6 Å². The highest BCUT2D eigenvalue weighted by molar-refractivity contribution is 6.30. The van der Waals surface area contributed by atoms with Gasteiger partial charge in [-0.2, -0.15) is 4.98 Å². The third-order valence-corrected chi connectivity index (χ3v) is 2.77. The second kappa shape index (κ2) is 6.36. The third kappa shape index (κ3) is 3.81. The SMILES string of the molecule is CCc1nc(NN)cc(OCc2ccc(Cl)cc2)n1. The van der Waals surface area contributed by atoms with Crippen LogP contribution in [0.15, 0.2) is 30.3 Å². The van der Waals surface area contributed by atoms with Crippen LogP contribution in [-0.2, 0) is 13.0 Å². The van der Waals surface area contributed by atoms with E-state index in [9.17, 15) is 0 Å². The number of nitrogens with zero attached hydrogens (tertiary/aromatic N) is 2. The van der Waals surface area contributed by atoms with Gasteiger partial charge in [0.05, 0.1) is 0 Å². The molecule has 0 aliphatic carbocycles. The van der Waals surface area contributed by atoms with Crippen molar-refractivity contribution in [3.05, 3.63) is 46.7 Å². The summed E-state index contributed by atoms with van der Waals surface area (Å²) >= 11 is 5.82. The Balaban J connectivity index is 2.08. The van der Waals surface area contributed by atoms with Crippen molar-refractivity contribution in [2.45, 2.75) is 20.0 Å². The van der Waals surface area contributed by atoms with Gasteiger partial charge in [-0.1, -0.05) is 30.7 Å². The van der Waals surface area contributed by atoms with E-state index in [1.165, 1.54) is 0 Å². The van der Waals surface area contributed by atoms with Crippen LogP contribution in [0.5, 0.6) is 5.88 Å². The second-order valence-electron chi connectivity index (χ2n) is 3.92. The van der Waals surface area contributed by atoms with Gasteiger partial charge in [0.1, 0.15) is 18.2 Å². The Morgan fingerprint density at radius 2 is 2.00 bits per heavy atom. The molecule has 0 fully saturated rings. The molecule has 0 bridgehead atoms. The Hall–Kier alpha value is -1.85. The van der Waals surface area contributed by atoms with Gasteiger partial charge in [-0.25, -0.2) is 10.8 Å². The number of ether oxygens (including phenoxy) is 1. The van der Waals surface area contributed by atoms with Gasteiger partial charge >= 0.3 is 0 Å². The molecular formula is C13H15ClN4O. The Labute approximate surface area is 116 Å². The van der Waals surface area contributed by atoms with Crippen LogP contribution in [0.3, 0.4) is 0 Å². The van der Waals surface area contributed by atoms with E-state index >= 15 is 0 Å². The van der Waals surface area contributed by atoms with Gasteiger partial charge in [-0.3, -0.25) is 0 Å². The molecule has 0 aliphatic heterocycles. The molecule has 2 aromatic rings. The predicted octanol–water partition coefficient (Wildman–Crippen LogP) is 2.56. The number of hydrazine groups is 1. The standard InChI is InChI=1S/C13H15ClN4O/c1-2-11-16-12(18-15)7-13(17-11)19-8-9-3-5-10(14)6-4-9/h3-7H,2,8,15H2,1H3,(H,16,17,18). The van der Waals surface area contributed by atoms with Crippen LogP contribution in [0.2, 0.25) is 5.02 Å². The molecule has 0 spiro atoms. The molecule has 0 amide bonds. The fourth-order valence-corrected chi connectivity index (χ4v) is 1.64. The van der Waals surface area contributed by atoms with Crippen LogP contribution < -0.4 is 16.0 Å². The van der Waals surface area contributed by atoms with E-state index in [0.29, 0.717) is 35.6 Å². The van der Waals surface area contributed by atoms with E-state index < -0.39 is 0 Å². The third-order valence-electron chi connectivity index (χ3n) is 2.51. The highest BCUT2D eigenvalue weighted by atomic mass is 35.5. The molecule has 0 aliphatic rings. The van der Waals surface area contributed by atoms with E-state index in [2.05, 4.69) is 15.4 Å². The monoisotopic (exact) mass is 278 g/mol. The minimum atomic E-state index is 0.418. The summed E-state index contributed by atoms with van der Waals surface area (Å²) < 4.78 is 5.63. The summed E-state index contributed by atoms with van der Waals surface area (Å²) in [5.74, 6) is 7.07. The van der Waals surface area contributed by atoms with Crippen LogP contribution in [0.1, 0.15) is 18.3 Å². The highest BCUT2D eigenvalue weighted by Crippen LogP contribution is 2.16. The first-order valence-electron chi connectivity index (χ1n) is 5.93. The first-order chi connectivity index (χ1) is 9.21. The summed E-state index contributed by atoms with van der Waals surface area (Å²) in [6, 6.07) is 9.13.